The molecule has 3 fully saturated rings. The Morgan fingerprint density at radius 2 is 2.25 bits per heavy atom. The lowest BCUT2D eigenvalue weighted by molar-refractivity contribution is -0.331. The molecule has 0 amide bonds. The van der Waals surface area contributed by atoms with Crippen LogP contribution in [0, 0.1) is 0 Å². The van der Waals surface area contributed by atoms with Crippen molar-refractivity contribution in [3.8, 4) is 0 Å². The summed E-state index contributed by atoms with van der Waals surface area (Å²) >= 11 is 0. The van der Waals surface area contributed by atoms with Crippen LogP contribution in [0.2, 0.25) is 0 Å². The molecule has 3 heteroatoms. The smallest absolute Gasteiger partial charge is 0.160 e. The van der Waals surface area contributed by atoms with Crippen LogP contribution >= 0.6 is 0 Å². The molecular weight excluding hydrogens is 108 g/mol. The molecule has 3 heterocycles. The Labute approximate surface area is 47.2 Å². The molecule has 3 rings (SSSR count). The summed E-state index contributed by atoms with van der Waals surface area (Å²) in [6, 6.07) is 0. The van der Waals surface area contributed by atoms with E-state index in [1.165, 1.54) is 0 Å². The van der Waals surface area contributed by atoms with Crippen LogP contribution in [0.4, 0.5) is 0 Å². The van der Waals surface area contributed by atoms with E-state index in [2.05, 4.69) is 0 Å². The Morgan fingerprint density at radius 3 is 2.50 bits per heavy atom. The predicted molar refractivity (Wildman–Crippen MR) is 25.2 cm³/mol. The van der Waals surface area contributed by atoms with E-state index in [0.717, 1.165) is 6.42 Å². The van der Waals surface area contributed by atoms with E-state index in [0.29, 0.717) is 6.61 Å². The fourth-order valence-electron chi connectivity index (χ4n) is 1.04. The molecule has 0 aliphatic carbocycles. The molecule has 0 saturated carbocycles. The van der Waals surface area contributed by atoms with Crippen LogP contribution in [0.15, 0.2) is 0 Å². The number of hydrogen-bond acceptors (Lipinski definition) is 3. The van der Waals surface area contributed by atoms with Crippen molar-refractivity contribution in [3.63, 3.8) is 0 Å². The standard InChI is InChI=1S/C5H8O3/c6-3-2-7-5-1-4(3)8-5/h3-6H,1-2H2/t3-,4+,5?/m1/s1. The first-order chi connectivity index (χ1) is 3.86. The second-order valence-electron chi connectivity index (χ2n) is 2.24. The Bertz CT molecular complexity index is 92.3. The third kappa shape index (κ3) is 0.491. The van der Waals surface area contributed by atoms with Crippen LogP contribution in [0.25, 0.3) is 0 Å². The maximum absolute atomic E-state index is 8.97. The largest absolute Gasteiger partial charge is 0.388 e. The topological polar surface area (TPSA) is 38.7 Å². The number of aliphatic hydroxyl groups is 1. The second kappa shape index (κ2) is 1.43. The average molecular weight is 116 g/mol. The quantitative estimate of drug-likeness (QED) is 0.463. The van der Waals surface area contributed by atoms with E-state index < -0.39 is 0 Å². The van der Waals surface area contributed by atoms with Gasteiger partial charge in [-0.25, -0.2) is 0 Å². The first-order valence-corrected chi connectivity index (χ1v) is 2.81. The highest BCUT2D eigenvalue weighted by Gasteiger charge is 2.41. The zero-order chi connectivity index (χ0) is 5.56. The average Bonchev–Trinajstić information content (AvgIpc) is 1.62. The van der Waals surface area contributed by atoms with Crippen molar-refractivity contribution >= 4 is 0 Å². The van der Waals surface area contributed by atoms with Gasteiger partial charge in [-0.3, -0.25) is 0 Å². The van der Waals surface area contributed by atoms with E-state index >= 15 is 0 Å². The van der Waals surface area contributed by atoms with Gasteiger partial charge in [0.2, 0.25) is 0 Å². The molecule has 0 aromatic carbocycles. The number of hydrogen-bond donors (Lipinski definition) is 1. The molecule has 0 aromatic rings. The number of fused-ring (bicyclic) bond motifs is 2. The fraction of sp³-hybridized carbons (Fsp3) is 1.00. The van der Waals surface area contributed by atoms with Gasteiger partial charge in [0.15, 0.2) is 6.29 Å². The van der Waals surface area contributed by atoms with Crippen LogP contribution in [0.5, 0.6) is 0 Å². The molecule has 3 nitrogen and oxygen atoms in total. The Kier molecular flexibility index (Phi) is 0.848. The molecule has 46 valence electrons. The predicted octanol–water partition coefficient (Wildman–Crippen LogP) is -0.508. The third-order valence-electron chi connectivity index (χ3n) is 1.63. The Morgan fingerprint density at radius 1 is 1.50 bits per heavy atom. The van der Waals surface area contributed by atoms with Crippen LogP contribution < -0.4 is 0 Å². The molecule has 0 radical (unpaired) electrons. The van der Waals surface area contributed by atoms with Crippen molar-refractivity contribution in [2.45, 2.75) is 24.9 Å². The number of ether oxygens (including phenoxy) is 2. The summed E-state index contributed by atoms with van der Waals surface area (Å²) in [5.74, 6) is 0. The summed E-state index contributed by atoms with van der Waals surface area (Å²) in [7, 11) is 0. The Balaban J connectivity index is 2.01. The monoisotopic (exact) mass is 116 g/mol. The van der Waals surface area contributed by atoms with E-state index in [-0.39, 0.29) is 18.5 Å². The van der Waals surface area contributed by atoms with E-state index in [1.807, 2.05) is 0 Å². The van der Waals surface area contributed by atoms with Crippen molar-refractivity contribution in [1.82, 2.24) is 0 Å². The van der Waals surface area contributed by atoms with Crippen LogP contribution in [-0.2, 0) is 9.47 Å². The van der Waals surface area contributed by atoms with Crippen molar-refractivity contribution < 1.29 is 14.6 Å². The molecule has 3 saturated heterocycles. The van der Waals surface area contributed by atoms with Crippen LogP contribution in [-0.4, -0.2) is 30.2 Å². The van der Waals surface area contributed by atoms with Crippen molar-refractivity contribution in [2.75, 3.05) is 6.61 Å². The molecule has 3 aliphatic heterocycles. The lowest BCUT2D eigenvalue weighted by Crippen LogP contribution is -2.54. The van der Waals surface area contributed by atoms with Gasteiger partial charge in [0, 0.05) is 6.42 Å². The van der Waals surface area contributed by atoms with Gasteiger partial charge in [-0.1, -0.05) is 0 Å². The maximum atomic E-state index is 8.97. The van der Waals surface area contributed by atoms with Crippen molar-refractivity contribution in [2.24, 2.45) is 0 Å². The minimum Gasteiger partial charge on any atom is -0.388 e. The molecule has 0 spiro atoms. The van der Waals surface area contributed by atoms with Gasteiger partial charge in [-0.2, -0.15) is 0 Å². The fourth-order valence-corrected chi connectivity index (χ4v) is 1.04. The summed E-state index contributed by atoms with van der Waals surface area (Å²) < 4.78 is 10.00. The zero-order valence-corrected chi connectivity index (χ0v) is 4.41. The molecule has 2 bridgehead atoms. The van der Waals surface area contributed by atoms with Gasteiger partial charge in [0.05, 0.1) is 12.7 Å². The van der Waals surface area contributed by atoms with Gasteiger partial charge < -0.3 is 14.6 Å². The van der Waals surface area contributed by atoms with Gasteiger partial charge in [0.1, 0.15) is 6.10 Å². The van der Waals surface area contributed by atoms with Gasteiger partial charge in [-0.15, -0.1) is 0 Å². The summed E-state index contributed by atoms with van der Waals surface area (Å²) in [5, 5.41) is 8.97. The molecule has 1 N–H and O–H groups in total. The zero-order valence-electron chi connectivity index (χ0n) is 4.41. The molecule has 3 aliphatic rings. The van der Waals surface area contributed by atoms with Crippen molar-refractivity contribution in [3.05, 3.63) is 0 Å². The highest BCUT2D eigenvalue weighted by Crippen LogP contribution is 2.29. The summed E-state index contributed by atoms with van der Waals surface area (Å²) in [6.07, 6.45) is 0.582. The van der Waals surface area contributed by atoms with Crippen LogP contribution in [0.3, 0.4) is 0 Å². The molecular formula is C5H8O3. The Hall–Kier alpha value is -0.120. The lowest BCUT2D eigenvalue weighted by Gasteiger charge is -2.43. The van der Waals surface area contributed by atoms with E-state index in [4.69, 9.17) is 14.6 Å². The number of aliphatic hydroxyl groups excluding tert-OH is 1. The first-order valence-electron chi connectivity index (χ1n) is 2.81. The van der Waals surface area contributed by atoms with Gasteiger partial charge >= 0.3 is 0 Å². The van der Waals surface area contributed by atoms with E-state index in [1.54, 1.807) is 0 Å². The van der Waals surface area contributed by atoms with Gasteiger partial charge in [-0.05, 0) is 0 Å². The maximum Gasteiger partial charge on any atom is 0.160 e. The van der Waals surface area contributed by atoms with Crippen molar-refractivity contribution in [1.29, 1.82) is 0 Å². The third-order valence-corrected chi connectivity index (χ3v) is 1.63. The summed E-state index contributed by atoms with van der Waals surface area (Å²) in [4.78, 5) is 0. The highest BCUT2D eigenvalue weighted by atomic mass is 16.7. The second-order valence-corrected chi connectivity index (χ2v) is 2.24. The first kappa shape index (κ1) is 4.73. The molecule has 1 unspecified atom stereocenters. The molecule has 3 atom stereocenters. The minimum atomic E-state index is -0.375. The SMILES string of the molecule is O[C@@H]1COC2C[C@@H]1O2. The van der Waals surface area contributed by atoms with Gasteiger partial charge in [0.25, 0.3) is 0 Å². The molecule has 8 heavy (non-hydrogen) atoms. The number of rotatable bonds is 0. The lowest BCUT2D eigenvalue weighted by atomic mass is 10.0. The van der Waals surface area contributed by atoms with Crippen LogP contribution in [0.1, 0.15) is 6.42 Å². The summed E-state index contributed by atoms with van der Waals surface area (Å²) in [6.45, 7) is 0.454. The van der Waals surface area contributed by atoms with E-state index in [9.17, 15) is 0 Å². The molecule has 0 aromatic heterocycles. The highest BCUT2D eigenvalue weighted by molar-refractivity contribution is 4.83. The minimum absolute atomic E-state index is 0.00315. The normalized spacial score (nSPS) is 52.9. The summed E-state index contributed by atoms with van der Waals surface area (Å²) in [5.41, 5.74) is 0.